The number of nitrogens with one attached hydrogen (secondary N) is 1. The van der Waals surface area contributed by atoms with Gasteiger partial charge < -0.3 is 5.32 Å². The van der Waals surface area contributed by atoms with E-state index < -0.39 is 11.7 Å². The molecule has 0 aliphatic rings. The van der Waals surface area contributed by atoms with Gasteiger partial charge in [-0.2, -0.15) is 0 Å². The van der Waals surface area contributed by atoms with Gasteiger partial charge >= 0.3 is 0 Å². The summed E-state index contributed by atoms with van der Waals surface area (Å²) in [6.45, 7) is 1.64. The zero-order valence-corrected chi connectivity index (χ0v) is 12.2. The fourth-order valence-corrected chi connectivity index (χ4v) is 1.88. The highest BCUT2D eigenvalue weighted by Gasteiger charge is 2.09. The summed E-state index contributed by atoms with van der Waals surface area (Å²) in [4.78, 5) is 15.8. The lowest BCUT2D eigenvalue weighted by molar-refractivity contribution is 0.102. The number of rotatable bonds is 2. The lowest BCUT2D eigenvalue weighted by Crippen LogP contribution is -2.12. The number of nitrogens with zero attached hydrogens (tertiary/aromatic N) is 1. The van der Waals surface area contributed by atoms with Crippen molar-refractivity contribution in [2.24, 2.45) is 0 Å². The first-order valence-electron chi connectivity index (χ1n) is 5.36. The lowest BCUT2D eigenvalue weighted by Gasteiger charge is -2.06. The van der Waals surface area contributed by atoms with E-state index in [0.29, 0.717) is 20.9 Å². The van der Waals surface area contributed by atoms with Crippen molar-refractivity contribution in [3.05, 3.63) is 57.0 Å². The summed E-state index contributed by atoms with van der Waals surface area (Å²) >= 11 is 8.96. The molecule has 1 amide bonds. The molecule has 0 radical (unpaired) electrons. The Labute approximate surface area is 122 Å². The largest absolute Gasteiger partial charge is 0.321 e. The molecule has 0 saturated heterocycles. The first-order chi connectivity index (χ1) is 8.97. The molecule has 0 aliphatic carbocycles. The minimum absolute atomic E-state index is 0.245. The van der Waals surface area contributed by atoms with E-state index in [0.717, 1.165) is 0 Å². The molecular weight excluding hydrogens is 335 g/mol. The molecular formula is C13H9BrClFN2O. The predicted octanol–water partition coefficient (Wildman–Crippen LogP) is 4.20. The first kappa shape index (κ1) is 14.0. The maximum Gasteiger partial charge on any atom is 0.255 e. The van der Waals surface area contributed by atoms with Gasteiger partial charge in [0.25, 0.3) is 5.91 Å². The first-order valence-corrected chi connectivity index (χ1v) is 6.53. The fourth-order valence-electron chi connectivity index (χ4n) is 1.43. The zero-order valence-electron chi connectivity index (χ0n) is 9.88. The summed E-state index contributed by atoms with van der Waals surface area (Å²) in [6, 6.07) is 5.94. The van der Waals surface area contributed by atoms with E-state index >= 15 is 0 Å². The highest BCUT2D eigenvalue weighted by Crippen LogP contribution is 2.23. The topological polar surface area (TPSA) is 42.0 Å². The van der Waals surface area contributed by atoms with E-state index in [1.54, 1.807) is 25.1 Å². The van der Waals surface area contributed by atoms with Crippen molar-refractivity contribution in [3.8, 4) is 0 Å². The minimum atomic E-state index is -0.414. The van der Waals surface area contributed by atoms with Crippen molar-refractivity contribution in [1.82, 2.24) is 4.98 Å². The number of halogens is 3. The number of aromatic nitrogens is 1. The molecule has 0 spiro atoms. The van der Waals surface area contributed by atoms with Crippen LogP contribution in [-0.2, 0) is 0 Å². The molecule has 2 aromatic rings. The maximum absolute atomic E-state index is 13.4. The third-order valence-corrected chi connectivity index (χ3v) is 3.62. The monoisotopic (exact) mass is 342 g/mol. The van der Waals surface area contributed by atoms with Crippen LogP contribution in [0.15, 0.2) is 34.9 Å². The number of amides is 1. The van der Waals surface area contributed by atoms with E-state index in [1.165, 1.54) is 12.3 Å². The fraction of sp³-hybridized carbons (Fsp3) is 0.0769. The molecule has 19 heavy (non-hydrogen) atoms. The van der Waals surface area contributed by atoms with E-state index in [2.05, 4.69) is 26.2 Å². The van der Waals surface area contributed by atoms with Crippen LogP contribution in [0.3, 0.4) is 0 Å². The Morgan fingerprint density at radius 1 is 1.42 bits per heavy atom. The molecule has 0 atom stereocenters. The van der Waals surface area contributed by atoms with Crippen molar-refractivity contribution >= 4 is 39.1 Å². The number of anilines is 1. The number of aryl methyl sites for hydroxylation is 1. The quantitative estimate of drug-likeness (QED) is 0.831. The molecule has 0 saturated carbocycles. The molecule has 1 N–H and O–H groups in total. The van der Waals surface area contributed by atoms with Crippen LogP contribution in [0.25, 0.3) is 0 Å². The van der Waals surface area contributed by atoms with Gasteiger partial charge in [-0.15, -0.1) is 0 Å². The third-order valence-electron chi connectivity index (χ3n) is 2.49. The molecule has 0 fully saturated rings. The van der Waals surface area contributed by atoms with Gasteiger partial charge in [0.1, 0.15) is 11.0 Å². The highest BCUT2D eigenvalue weighted by atomic mass is 79.9. The Kier molecular flexibility index (Phi) is 4.17. The number of benzene rings is 1. The standard InChI is InChI=1S/C13H9BrClFN2O/c1-7-2-3-8(4-11(7)16)13(19)18-9-5-10(14)12(15)17-6-9/h2-6H,1H3,(H,18,19). The Balaban J connectivity index is 2.20. The van der Waals surface area contributed by atoms with E-state index in [4.69, 9.17) is 11.6 Å². The van der Waals surface area contributed by atoms with Gasteiger partial charge in [-0.05, 0) is 46.6 Å². The van der Waals surface area contributed by atoms with Crippen LogP contribution in [-0.4, -0.2) is 10.9 Å². The van der Waals surface area contributed by atoms with Crippen molar-refractivity contribution in [2.75, 3.05) is 5.32 Å². The summed E-state index contributed by atoms with van der Waals surface area (Å²) < 4.78 is 13.9. The predicted molar refractivity (Wildman–Crippen MR) is 76.0 cm³/mol. The second-order valence-corrected chi connectivity index (χ2v) is 5.13. The molecule has 1 aromatic carbocycles. The van der Waals surface area contributed by atoms with Crippen LogP contribution in [0.2, 0.25) is 5.15 Å². The SMILES string of the molecule is Cc1ccc(C(=O)Nc2cnc(Cl)c(Br)c2)cc1F. The highest BCUT2D eigenvalue weighted by molar-refractivity contribution is 9.10. The van der Waals surface area contributed by atoms with Crippen LogP contribution in [0.5, 0.6) is 0 Å². The van der Waals surface area contributed by atoms with Crippen molar-refractivity contribution in [2.45, 2.75) is 6.92 Å². The van der Waals surface area contributed by atoms with Gasteiger partial charge in [-0.25, -0.2) is 9.37 Å². The second kappa shape index (κ2) is 5.67. The Hall–Kier alpha value is -1.46. The van der Waals surface area contributed by atoms with E-state index in [9.17, 15) is 9.18 Å². The van der Waals surface area contributed by atoms with Crippen LogP contribution in [0.1, 0.15) is 15.9 Å². The number of hydrogen-bond donors (Lipinski definition) is 1. The molecule has 6 heteroatoms. The van der Waals surface area contributed by atoms with Crippen molar-refractivity contribution in [3.63, 3.8) is 0 Å². The smallest absolute Gasteiger partial charge is 0.255 e. The van der Waals surface area contributed by atoms with Crippen LogP contribution in [0.4, 0.5) is 10.1 Å². The van der Waals surface area contributed by atoms with Crippen LogP contribution in [0, 0.1) is 12.7 Å². The number of carbonyl (C=O) groups excluding carboxylic acids is 1. The van der Waals surface area contributed by atoms with Crippen LogP contribution >= 0.6 is 27.5 Å². The normalized spacial score (nSPS) is 10.3. The summed E-state index contributed by atoms with van der Waals surface area (Å²) in [6.07, 6.45) is 1.43. The number of carbonyl (C=O) groups is 1. The number of pyridine rings is 1. The number of hydrogen-bond acceptors (Lipinski definition) is 2. The summed E-state index contributed by atoms with van der Waals surface area (Å²) in [5.74, 6) is -0.821. The van der Waals surface area contributed by atoms with Crippen molar-refractivity contribution in [1.29, 1.82) is 0 Å². The van der Waals surface area contributed by atoms with E-state index in [1.807, 2.05) is 0 Å². The molecule has 0 unspecified atom stereocenters. The van der Waals surface area contributed by atoms with Gasteiger partial charge in [0.05, 0.1) is 16.4 Å². The molecule has 1 aromatic heterocycles. The zero-order chi connectivity index (χ0) is 14.0. The summed E-state index contributed by atoms with van der Waals surface area (Å²) in [5.41, 5.74) is 1.21. The van der Waals surface area contributed by atoms with Crippen molar-refractivity contribution < 1.29 is 9.18 Å². The second-order valence-electron chi connectivity index (χ2n) is 3.91. The van der Waals surface area contributed by atoms with Gasteiger partial charge in [-0.3, -0.25) is 4.79 Å². The Bertz CT molecular complexity index is 649. The third kappa shape index (κ3) is 3.30. The van der Waals surface area contributed by atoms with Crippen LogP contribution < -0.4 is 5.32 Å². The van der Waals surface area contributed by atoms with Gasteiger partial charge in [0, 0.05) is 5.56 Å². The maximum atomic E-state index is 13.4. The average molecular weight is 344 g/mol. The van der Waals surface area contributed by atoms with Gasteiger partial charge in [-0.1, -0.05) is 17.7 Å². The van der Waals surface area contributed by atoms with Gasteiger partial charge in [0.15, 0.2) is 0 Å². The minimum Gasteiger partial charge on any atom is -0.321 e. The summed E-state index contributed by atoms with van der Waals surface area (Å²) in [5, 5.41) is 2.92. The van der Waals surface area contributed by atoms with Gasteiger partial charge in [0.2, 0.25) is 0 Å². The molecule has 0 aliphatic heterocycles. The Morgan fingerprint density at radius 3 is 2.79 bits per heavy atom. The molecule has 3 nitrogen and oxygen atoms in total. The molecule has 1 heterocycles. The molecule has 0 bridgehead atoms. The summed E-state index contributed by atoms with van der Waals surface area (Å²) in [7, 11) is 0. The van der Waals surface area contributed by atoms with E-state index in [-0.39, 0.29) is 5.56 Å². The molecule has 98 valence electrons. The average Bonchev–Trinajstić information content (AvgIpc) is 2.37. The Morgan fingerprint density at radius 2 is 2.16 bits per heavy atom. The lowest BCUT2D eigenvalue weighted by atomic mass is 10.1. The molecule has 2 rings (SSSR count).